The smallest absolute Gasteiger partial charge is 0.310 e. The van der Waals surface area contributed by atoms with Crippen molar-refractivity contribution in [2.75, 3.05) is 7.05 Å². The molecular weight excluding hydrogens is 254 g/mol. The van der Waals surface area contributed by atoms with Crippen LogP contribution < -0.4 is 0 Å². The van der Waals surface area contributed by atoms with Gasteiger partial charge in [0, 0.05) is 19.5 Å². The third kappa shape index (κ3) is 3.74. The molecule has 1 atom stereocenters. The van der Waals surface area contributed by atoms with E-state index in [2.05, 4.69) is 6.92 Å². The number of amides is 1. The van der Waals surface area contributed by atoms with Gasteiger partial charge in [-0.05, 0) is 44.4 Å². The maximum absolute atomic E-state index is 12.4. The molecule has 0 heterocycles. The van der Waals surface area contributed by atoms with Gasteiger partial charge in [0.25, 0.3) is 0 Å². The van der Waals surface area contributed by atoms with Crippen LogP contribution in [-0.4, -0.2) is 35.0 Å². The number of carbonyl (C=O) groups is 2. The average Bonchev–Trinajstić information content (AvgIpc) is 2.38. The molecule has 1 saturated carbocycles. The Kier molecular flexibility index (Phi) is 5.60. The first kappa shape index (κ1) is 17.0. The first-order valence-electron chi connectivity index (χ1n) is 7.67. The molecule has 0 saturated heterocycles. The summed E-state index contributed by atoms with van der Waals surface area (Å²) >= 11 is 0. The molecule has 0 aromatic heterocycles. The summed E-state index contributed by atoms with van der Waals surface area (Å²) in [5.41, 5.74) is -0.979. The number of aliphatic carboxylic acids is 1. The largest absolute Gasteiger partial charge is 0.481 e. The second-order valence-electron chi connectivity index (χ2n) is 6.97. The Morgan fingerprint density at radius 2 is 1.75 bits per heavy atom. The fourth-order valence-electron chi connectivity index (χ4n) is 2.80. The Hall–Kier alpha value is -1.06. The second kappa shape index (κ2) is 6.59. The van der Waals surface area contributed by atoms with E-state index in [4.69, 9.17) is 0 Å². The molecule has 0 aromatic rings. The minimum Gasteiger partial charge on any atom is -0.481 e. The summed E-state index contributed by atoms with van der Waals surface area (Å²) in [7, 11) is 1.82. The highest BCUT2D eigenvalue weighted by atomic mass is 16.4. The lowest BCUT2D eigenvalue weighted by Gasteiger charge is -2.36. The zero-order chi connectivity index (χ0) is 15.5. The predicted octanol–water partition coefficient (Wildman–Crippen LogP) is 3.16. The summed E-state index contributed by atoms with van der Waals surface area (Å²) in [5.74, 6) is -0.243. The molecule has 20 heavy (non-hydrogen) atoms. The van der Waals surface area contributed by atoms with Gasteiger partial charge in [0.1, 0.15) is 0 Å². The molecular formula is C16H29NO3. The van der Waals surface area contributed by atoms with Crippen molar-refractivity contribution in [3.8, 4) is 0 Å². The van der Waals surface area contributed by atoms with Crippen LogP contribution in [0.3, 0.4) is 0 Å². The molecule has 1 fully saturated rings. The van der Waals surface area contributed by atoms with Crippen molar-refractivity contribution in [2.24, 2.45) is 17.3 Å². The molecule has 1 aliphatic rings. The molecule has 0 spiro atoms. The van der Waals surface area contributed by atoms with Gasteiger partial charge in [0.2, 0.25) is 5.91 Å². The van der Waals surface area contributed by atoms with Gasteiger partial charge < -0.3 is 10.0 Å². The van der Waals surface area contributed by atoms with E-state index in [0.29, 0.717) is 0 Å². The van der Waals surface area contributed by atoms with Crippen LogP contribution in [0.5, 0.6) is 0 Å². The van der Waals surface area contributed by atoms with E-state index in [9.17, 15) is 14.7 Å². The normalized spacial score (nSPS) is 26.1. The topological polar surface area (TPSA) is 57.6 Å². The number of rotatable bonds is 5. The van der Waals surface area contributed by atoms with Crippen LogP contribution in [0.2, 0.25) is 0 Å². The number of carboxylic acids is 1. The van der Waals surface area contributed by atoms with Gasteiger partial charge in [0.05, 0.1) is 5.41 Å². The predicted molar refractivity (Wildman–Crippen MR) is 79.4 cm³/mol. The highest BCUT2D eigenvalue weighted by molar-refractivity contribution is 5.85. The first-order valence-corrected chi connectivity index (χ1v) is 7.67. The van der Waals surface area contributed by atoms with Crippen LogP contribution in [0.15, 0.2) is 0 Å². The third-order valence-electron chi connectivity index (χ3n) is 5.21. The van der Waals surface area contributed by atoms with Crippen LogP contribution in [0.1, 0.15) is 59.8 Å². The van der Waals surface area contributed by atoms with Gasteiger partial charge in [-0.25, -0.2) is 0 Å². The molecule has 4 heteroatoms. The van der Waals surface area contributed by atoms with Gasteiger partial charge in [-0.1, -0.05) is 20.8 Å². The SMILES string of the molecule is CC1CCC(N(C)C(=O)CC(C)(C(=O)O)C(C)C)CC1. The molecule has 1 unspecified atom stereocenters. The molecule has 0 radical (unpaired) electrons. The van der Waals surface area contributed by atoms with Crippen LogP contribution in [-0.2, 0) is 9.59 Å². The minimum atomic E-state index is -0.979. The van der Waals surface area contributed by atoms with Crippen LogP contribution in [0.4, 0.5) is 0 Å². The van der Waals surface area contributed by atoms with Crippen molar-refractivity contribution in [2.45, 2.75) is 65.8 Å². The van der Waals surface area contributed by atoms with Gasteiger partial charge >= 0.3 is 5.97 Å². The lowest BCUT2D eigenvalue weighted by atomic mass is 9.76. The number of nitrogens with zero attached hydrogens (tertiary/aromatic N) is 1. The van der Waals surface area contributed by atoms with Crippen molar-refractivity contribution >= 4 is 11.9 Å². The fraction of sp³-hybridized carbons (Fsp3) is 0.875. The zero-order valence-electron chi connectivity index (χ0n) is 13.5. The Balaban J connectivity index is 2.67. The summed E-state index contributed by atoms with van der Waals surface area (Å²) in [6, 6.07) is 0.281. The van der Waals surface area contributed by atoms with Crippen molar-refractivity contribution in [1.82, 2.24) is 4.90 Å². The molecule has 0 bridgehead atoms. The van der Waals surface area contributed by atoms with Gasteiger partial charge in [-0.15, -0.1) is 0 Å². The monoisotopic (exact) mass is 283 g/mol. The molecule has 1 aliphatic carbocycles. The standard InChI is InChI=1S/C16H29NO3/c1-11(2)16(4,15(19)20)10-14(18)17(5)13-8-6-12(3)7-9-13/h11-13H,6-10H2,1-5H3,(H,19,20). The van der Waals surface area contributed by atoms with Crippen molar-refractivity contribution in [1.29, 1.82) is 0 Å². The molecule has 1 N–H and O–H groups in total. The fourth-order valence-corrected chi connectivity index (χ4v) is 2.80. The maximum Gasteiger partial charge on any atom is 0.310 e. The number of carboxylic acid groups (broad SMARTS) is 1. The third-order valence-corrected chi connectivity index (χ3v) is 5.21. The maximum atomic E-state index is 12.4. The summed E-state index contributed by atoms with van der Waals surface area (Å²) < 4.78 is 0. The molecule has 0 aromatic carbocycles. The first-order chi connectivity index (χ1) is 9.18. The van der Waals surface area contributed by atoms with Crippen LogP contribution in [0, 0.1) is 17.3 Å². The lowest BCUT2D eigenvalue weighted by Crippen LogP contribution is -2.44. The summed E-state index contributed by atoms with van der Waals surface area (Å²) in [6.07, 6.45) is 4.47. The number of carbonyl (C=O) groups excluding carboxylic acids is 1. The molecule has 116 valence electrons. The van der Waals surface area contributed by atoms with E-state index in [1.807, 2.05) is 20.9 Å². The van der Waals surface area contributed by atoms with E-state index in [0.717, 1.165) is 31.6 Å². The Morgan fingerprint density at radius 3 is 2.15 bits per heavy atom. The molecule has 0 aliphatic heterocycles. The van der Waals surface area contributed by atoms with Gasteiger partial charge in [0.15, 0.2) is 0 Å². The molecule has 1 rings (SSSR count). The van der Waals surface area contributed by atoms with Crippen LogP contribution >= 0.6 is 0 Å². The van der Waals surface area contributed by atoms with Crippen molar-refractivity contribution < 1.29 is 14.7 Å². The van der Waals surface area contributed by atoms with Gasteiger partial charge in [-0.3, -0.25) is 9.59 Å². The van der Waals surface area contributed by atoms with E-state index in [1.165, 1.54) is 0 Å². The zero-order valence-corrected chi connectivity index (χ0v) is 13.5. The lowest BCUT2D eigenvalue weighted by molar-refractivity contribution is -0.155. The summed E-state index contributed by atoms with van der Waals surface area (Å²) in [4.78, 5) is 25.7. The number of hydrogen-bond acceptors (Lipinski definition) is 2. The Bertz CT molecular complexity index is 359. The Labute approximate surface area is 122 Å². The van der Waals surface area contributed by atoms with E-state index >= 15 is 0 Å². The average molecular weight is 283 g/mol. The van der Waals surface area contributed by atoms with Crippen molar-refractivity contribution in [3.05, 3.63) is 0 Å². The Morgan fingerprint density at radius 1 is 1.25 bits per heavy atom. The van der Waals surface area contributed by atoms with E-state index < -0.39 is 11.4 Å². The highest BCUT2D eigenvalue weighted by Gasteiger charge is 2.40. The molecule has 4 nitrogen and oxygen atoms in total. The van der Waals surface area contributed by atoms with E-state index in [1.54, 1.807) is 11.8 Å². The minimum absolute atomic E-state index is 0.0387. The van der Waals surface area contributed by atoms with E-state index in [-0.39, 0.29) is 24.3 Å². The van der Waals surface area contributed by atoms with Crippen LogP contribution in [0.25, 0.3) is 0 Å². The second-order valence-corrected chi connectivity index (χ2v) is 6.97. The summed E-state index contributed by atoms with van der Waals surface area (Å²) in [5, 5.41) is 9.41. The summed E-state index contributed by atoms with van der Waals surface area (Å²) in [6.45, 7) is 7.65. The highest BCUT2D eigenvalue weighted by Crippen LogP contribution is 2.33. The van der Waals surface area contributed by atoms with Gasteiger partial charge in [-0.2, -0.15) is 0 Å². The number of hydrogen-bond donors (Lipinski definition) is 1. The van der Waals surface area contributed by atoms with Crippen molar-refractivity contribution in [3.63, 3.8) is 0 Å². The molecule has 1 amide bonds. The quantitative estimate of drug-likeness (QED) is 0.843.